The Balaban J connectivity index is 2.93. The molecule has 0 aromatic heterocycles. The number of carboxylic acids is 1. The maximum Gasteiger partial charge on any atom is 0.329 e. The van der Waals surface area contributed by atoms with E-state index in [0.29, 0.717) is 0 Å². The van der Waals surface area contributed by atoms with Crippen LogP contribution in [0.4, 0.5) is 0 Å². The summed E-state index contributed by atoms with van der Waals surface area (Å²) < 4.78 is 13.9. The van der Waals surface area contributed by atoms with Crippen molar-refractivity contribution in [1.29, 1.82) is 0 Å². The molecule has 0 unspecified atom stereocenters. The molecule has 0 saturated carbocycles. The zero-order chi connectivity index (χ0) is 6.41. The average molecular weight is 136 g/mol. The summed E-state index contributed by atoms with van der Waals surface area (Å²) in [6, 6.07) is 0. The zero-order valence-corrected chi connectivity index (χ0v) is 4.93. The number of rotatable bonds is 4. The highest BCUT2D eigenvalue weighted by molar-refractivity contribution is 7.23. The van der Waals surface area contributed by atoms with Crippen LogP contribution in [0, 0.1) is 0 Å². The largest absolute Gasteiger partial charge is 0.480 e. The van der Waals surface area contributed by atoms with Crippen LogP contribution in [0.15, 0.2) is 0 Å². The molecule has 0 atom stereocenters. The highest BCUT2D eigenvalue weighted by Gasteiger charge is 1.92. The number of carbonyl (C=O) groups is 1. The van der Waals surface area contributed by atoms with Gasteiger partial charge >= 0.3 is 5.97 Å². The zero-order valence-electron chi connectivity index (χ0n) is 4.03. The quantitative estimate of drug-likeness (QED) is 0.447. The SMILES string of the molecule is O=PCOCC(=O)O. The Morgan fingerprint density at radius 3 is 2.75 bits per heavy atom. The van der Waals surface area contributed by atoms with Gasteiger partial charge in [-0.2, -0.15) is 0 Å². The van der Waals surface area contributed by atoms with Crippen molar-refractivity contribution in [3.8, 4) is 0 Å². The van der Waals surface area contributed by atoms with Gasteiger partial charge in [0, 0.05) is 0 Å². The van der Waals surface area contributed by atoms with Crippen molar-refractivity contribution in [1.82, 2.24) is 0 Å². The molecule has 0 rings (SSSR count). The van der Waals surface area contributed by atoms with Crippen molar-refractivity contribution >= 4 is 14.4 Å². The number of hydrogen-bond acceptors (Lipinski definition) is 3. The van der Waals surface area contributed by atoms with Gasteiger partial charge in [0.2, 0.25) is 0 Å². The van der Waals surface area contributed by atoms with E-state index in [9.17, 15) is 9.36 Å². The van der Waals surface area contributed by atoms with E-state index in [1.807, 2.05) is 0 Å². The number of carboxylic acid groups (broad SMARTS) is 1. The Bertz CT molecular complexity index is 91.3. The van der Waals surface area contributed by atoms with Crippen LogP contribution < -0.4 is 0 Å². The topological polar surface area (TPSA) is 63.6 Å². The van der Waals surface area contributed by atoms with Gasteiger partial charge in [0.15, 0.2) is 8.46 Å². The third-order valence-corrected chi connectivity index (χ3v) is 0.658. The van der Waals surface area contributed by atoms with E-state index < -0.39 is 5.97 Å². The van der Waals surface area contributed by atoms with Crippen molar-refractivity contribution in [3.63, 3.8) is 0 Å². The Morgan fingerprint density at radius 2 is 2.38 bits per heavy atom. The molecule has 0 aliphatic rings. The standard InChI is InChI=1S/C3H5O4P/c4-3(5)1-7-2-8-6/h1-2H2,(H,4,5). The number of aliphatic carboxylic acids is 1. The van der Waals surface area contributed by atoms with Gasteiger partial charge in [0.25, 0.3) is 0 Å². The highest BCUT2D eigenvalue weighted by Crippen LogP contribution is 1.89. The Morgan fingerprint density at radius 1 is 1.75 bits per heavy atom. The van der Waals surface area contributed by atoms with E-state index in [-0.39, 0.29) is 21.4 Å². The smallest absolute Gasteiger partial charge is 0.329 e. The molecule has 5 heteroatoms. The molecule has 0 aliphatic heterocycles. The maximum absolute atomic E-state index is 9.64. The van der Waals surface area contributed by atoms with Gasteiger partial charge in [-0.25, -0.2) is 4.79 Å². The number of hydrogen-bond donors (Lipinski definition) is 1. The molecule has 8 heavy (non-hydrogen) atoms. The summed E-state index contributed by atoms with van der Waals surface area (Å²) in [4.78, 5) is 9.64. The van der Waals surface area contributed by atoms with Crippen molar-refractivity contribution in [2.24, 2.45) is 0 Å². The Hall–Kier alpha value is -0.470. The van der Waals surface area contributed by atoms with E-state index >= 15 is 0 Å². The first-order chi connectivity index (χ1) is 3.77. The van der Waals surface area contributed by atoms with Crippen molar-refractivity contribution in [3.05, 3.63) is 0 Å². The number of ether oxygens (including phenoxy) is 1. The average Bonchev–Trinajstić information content (AvgIpc) is 1.66. The molecule has 0 aromatic rings. The van der Waals surface area contributed by atoms with Gasteiger partial charge in [-0.3, -0.25) is 4.57 Å². The van der Waals surface area contributed by atoms with Crippen LogP contribution in [-0.2, 0) is 14.1 Å². The molecule has 0 radical (unpaired) electrons. The Labute approximate surface area is 47.7 Å². The summed E-state index contributed by atoms with van der Waals surface area (Å²) >= 11 is 0. The molecule has 0 saturated heterocycles. The summed E-state index contributed by atoms with van der Waals surface area (Å²) in [5.74, 6) is -1.05. The molecule has 0 bridgehead atoms. The lowest BCUT2D eigenvalue weighted by atomic mass is 10.8. The summed E-state index contributed by atoms with van der Waals surface area (Å²) in [6.07, 6.45) is -0.0493. The monoisotopic (exact) mass is 136 g/mol. The molecule has 1 N–H and O–H groups in total. The lowest BCUT2D eigenvalue weighted by Gasteiger charge is -1.88. The predicted octanol–water partition coefficient (Wildman–Crippen LogP) is 0.337. The fraction of sp³-hybridized carbons (Fsp3) is 0.667. The minimum absolute atomic E-state index is 0.0493. The van der Waals surface area contributed by atoms with Crippen LogP contribution in [0.1, 0.15) is 0 Å². The minimum atomic E-state index is -1.05. The van der Waals surface area contributed by atoms with Gasteiger partial charge in [-0.05, 0) is 0 Å². The van der Waals surface area contributed by atoms with Crippen LogP contribution >= 0.6 is 8.46 Å². The van der Waals surface area contributed by atoms with Gasteiger partial charge in [-0.1, -0.05) is 0 Å². The molecule has 0 aromatic carbocycles. The van der Waals surface area contributed by atoms with E-state index in [1.165, 1.54) is 0 Å². The van der Waals surface area contributed by atoms with Crippen LogP contribution in [0.5, 0.6) is 0 Å². The fourth-order valence-electron chi connectivity index (χ4n) is 0.170. The lowest BCUT2D eigenvalue weighted by Crippen LogP contribution is -2.04. The first-order valence-electron chi connectivity index (χ1n) is 1.86. The lowest BCUT2D eigenvalue weighted by molar-refractivity contribution is -0.141. The molecule has 0 aliphatic carbocycles. The summed E-state index contributed by atoms with van der Waals surface area (Å²) in [6.45, 7) is -0.380. The van der Waals surface area contributed by atoms with Gasteiger partial charge in [-0.15, -0.1) is 0 Å². The predicted molar refractivity (Wildman–Crippen MR) is 26.1 cm³/mol. The fourth-order valence-corrected chi connectivity index (χ4v) is 0.336. The maximum atomic E-state index is 9.64. The molecule has 0 spiro atoms. The molecule has 46 valence electrons. The van der Waals surface area contributed by atoms with Crippen molar-refractivity contribution < 1.29 is 19.2 Å². The third-order valence-electron chi connectivity index (χ3n) is 0.370. The van der Waals surface area contributed by atoms with Gasteiger partial charge in [0.05, 0.1) is 0 Å². The summed E-state index contributed by atoms with van der Waals surface area (Å²) in [7, 11) is -0.185. The van der Waals surface area contributed by atoms with Gasteiger partial charge in [0.1, 0.15) is 13.0 Å². The van der Waals surface area contributed by atoms with Gasteiger partial charge < -0.3 is 9.84 Å². The Kier molecular flexibility index (Phi) is 4.41. The molecule has 0 fully saturated rings. The third kappa shape index (κ3) is 5.53. The molecular formula is C3H5O4P. The molecule has 0 amide bonds. The minimum Gasteiger partial charge on any atom is -0.480 e. The second-order valence-electron chi connectivity index (χ2n) is 1.00. The highest BCUT2D eigenvalue weighted by atomic mass is 31.1. The second kappa shape index (κ2) is 4.68. The second-order valence-corrected chi connectivity index (χ2v) is 1.52. The molecule has 4 nitrogen and oxygen atoms in total. The van der Waals surface area contributed by atoms with Crippen LogP contribution in [0.2, 0.25) is 0 Å². The van der Waals surface area contributed by atoms with Crippen molar-refractivity contribution in [2.45, 2.75) is 0 Å². The van der Waals surface area contributed by atoms with E-state index in [2.05, 4.69) is 4.74 Å². The molecule has 0 heterocycles. The van der Waals surface area contributed by atoms with E-state index in [1.54, 1.807) is 0 Å². The van der Waals surface area contributed by atoms with E-state index in [4.69, 9.17) is 5.11 Å². The van der Waals surface area contributed by atoms with Crippen LogP contribution in [0.25, 0.3) is 0 Å². The van der Waals surface area contributed by atoms with Crippen LogP contribution in [0.3, 0.4) is 0 Å². The van der Waals surface area contributed by atoms with E-state index in [0.717, 1.165) is 0 Å². The summed E-state index contributed by atoms with van der Waals surface area (Å²) in [5, 5.41) is 7.91. The summed E-state index contributed by atoms with van der Waals surface area (Å²) in [5.41, 5.74) is 0. The van der Waals surface area contributed by atoms with Crippen LogP contribution in [-0.4, -0.2) is 24.0 Å². The van der Waals surface area contributed by atoms with Crippen molar-refractivity contribution in [2.75, 3.05) is 13.0 Å². The normalized spacial score (nSPS) is 9.50. The first kappa shape index (κ1) is 7.53. The first-order valence-corrected chi connectivity index (χ1v) is 2.86. The molecular weight excluding hydrogens is 131 g/mol.